The number of ether oxygens (including phenoxy) is 1. The van der Waals surface area contributed by atoms with Gasteiger partial charge in [0.1, 0.15) is 22.8 Å². The van der Waals surface area contributed by atoms with Crippen molar-refractivity contribution in [3.63, 3.8) is 0 Å². The molecule has 192 valence electrons. The lowest BCUT2D eigenvalue weighted by Gasteiger charge is -2.18. The molecule has 37 heavy (non-hydrogen) atoms. The van der Waals surface area contributed by atoms with Crippen LogP contribution in [0.2, 0.25) is 0 Å². The number of aromatic nitrogens is 4. The maximum absolute atomic E-state index is 13.4. The molecule has 0 aliphatic heterocycles. The van der Waals surface area contributed by atoms with Crippen molar-refractivity contribution in [2.24, 2.45) is 0 Å². The number of amides is 1. The molecule has 4 rings (SSSR count). The molecule has 0 spiro atoms. The Balaban J connectivity index is 1.74. The van der Waals surface area contributed by atoms with Gasteiger partial charge >= 0.3 is 6.36 Å². The number of carbonyl (C=O) groups is 1. The molecule has 1 amide bonds. The molecule has 0 unspecified atom stereocenters. The highest BCUT2D eigenvalue weighted by molar-refractivity contribution is 7.90. The Bertz CT molecular complexity index is 1600. The van der Waals surface area contributed by atoms with E-state index in [0.717, 1.165) is 24.6 Å². The van der Waals surface area contributed by atoms with Crippen LogP contribution in [0.4, 0.5) is 17.6 Å². The summed E-state index contributed by atoms with van der Waals surface area (Å²) in [6.07, 6.45) is -0.397. The largest absolute Gasteiger partial charge is 0.573 e. The molecule has 4 aromatic rings. The third kappa shape index (κ3) is 6.14. The fourth-order valence-corrected chi connectivity index (χ4v) is 4.06. The topological polar surface area (TPSA) is 124 Å². The van der Waals surface area contributed by atoms with E-state index >= 15 is 0 Å². The number of alkyl halides is 3. The smallest absolute Gasteiger partial charge is 0.406 e. The number of benzene rings is 1. The predicted octanol–water partition coefficient (Wildman–Crippen LogP) is 4.02. The maximum atomic E-state index is 13.4. The van der Waals surface area contributed by atoms with Crippen LogP contribution < -0.4 is 10.1 Å². The van der Waals surface area contributed by atoms with Gasteiger partial charge in [0.05, 0.1) is 40.2 Å². The molecule has 0 aliphatic carbocycles. The highest BCUT2D eigenvalue weighted by Crippen LogP contribution is 2.29. The molecule has 1 atom stereocenters. The quantitative estimate of drug-likeness (QED) is 0.367. The van der Waals surface area contributed by atoms with Crippen LogP contribution in [-0.2, 0) is 9.84 Å². The lowest BCUT2D eigenvalue weighted by atomic mass is 10.1. The number of hydrogen-bond acceptors (Lipinski definition) is 8. The first-order valence-corrected chi connectivity index (χ1v) is 12.3. The van der Waals surface area contributed by atoms with Crippen molar-refractivity contribution in [1.29, 1.82) is 0 Å². The van der Waals surface area contributed by atoms with Gasteiger partial charge in [-0.3, -0.25) is 14.8 Å². The van der Waals surface area contributed by atoms with E-state index in [2.05, 4.69) is 30.0 Å². The van der Waals surface area contributed by atoms with Crippen molar-refractivity contribution in [3.05, 3.63) is 72.1 Å². The summed E-state index contributed by atoms with van der Waals surface area (Å²) in [6.45, 7) is 1.54. The van der Waals surface area contributed by atoms with Gasteiger partial charge in [0.2, 0.25) is 0 Å². The first-order valence-electron chi connectivity index (χ1n) is 10.5. The third-order valence-electron chi connectivity index (χ3n) is 5.03. The Morgan fingerprint density at radius 1 is 1.05 bits per heavy atom. The van der Waals surface area contributed by atoms with Gasteiger partial charge in [-0.15, -0.1) is 13.2 Å². The minimum atomic E-state index is -5.11. The Morgan fingerprint density at radius 3 is 2.46 bits per heavy atom. The molecule has 0 fully saturated rings. The molecule has 0 aliphatic rings. The second-order valence-electron chi connectivity index (χ2n) is 7.89. The molecule has 9 nitrogen and oxygen atoms in total. The van der Waals surface area contributed by atoms with Crippen molar-refractivity contribution in [1.82, 2.24) is 25.3 Å². The molecule has 0 saturated heterocycles. The fraction of sp³-hybridized carbons (Fsp3) is 0.174. The molecule has 0 bridgehead atoms. The Kier molecular flexibility index (Phi) is 6.78. The summed E-state index contributed by atoms with van der Waals surface area (Å²) < 4.78 is 79.6. The number of nitrogens with one attached hydrogen (secondary N) is 1. The highest BCUT2D eigenvalue weighted by Gasteiger charge is 2.32. The molecule has 1 aromatic carbocycles. The Labute approximate surface area is 207 Å². The number of fused-ring (bicyclic) bond motifs is 1. The van der Waals surface area contributed by atoms with Crippen LogP contribution in [-0.4, -0.2) is 46.9 Å². The Morgan fingerprint density at radius 2 is 1.81 bits per heavy atom. The molecular weight excluding hydrogens is 518 g/mol. The molecule has 1 N–H and O–H groups in total. The molecule has 3 heterocycles. The Hall–Kier alpha value is -4.20. The number of nitrogens with zero attached hydrogens (tertiary/aromatic N) is 4. The van der Waals surface area contributed by atoms with Crippen LogP contribution in [0, 0.1) is 5.82 Å². The van der Waals surface area contributed by atoms with Crippen LogP contribution in [0.3, 0.4) is 0 Å². The molecule has 14 heteroatoms. The molecular formula is C23H17F4N5O4S. The minimum Gasteiger partial charge on any atom is -0.406 e. The van der Waals surface area contributed by atoms with Gasteiger partial charge in [0.15, 0.2) is 9.84 Å². The van der Waals surface area contributed by atoms with Crippen LogP contribution in [0.15, 0.2) is 59.9 Å². The van der Waals surface area contributed by atoms with E-state index in [-0.39, 0.29) is 17.1 Å². The van der Waals surface area contributed by atoms with Crippen molar-refractivity contribution in [2.75, 3.05) is 6.26 Å². The van der Waals surface area contributed by atoms with Gasteiger partial charge < -0.3 is 10.1 Å². The lowest BCUT2D eigenvalue weighted by Crippen LogP contribution is -2.28. The number of sulfone groups is 1. The van der Waals surface area contributed by atoms with Gasteiger partial charge in [-0.1, -0.05) is 0 Å². The first kappa shape index (κ1) is 25.9. The number of pyridine rings is 2. The zero-order chi connectivity index (χ0) is 27.0. The second-order valence-corrected chi connectivity index (χ2v) is 9.91. The maximum Gasteiger partial charge on any atom is 0.573 e. The van der Waals surface area contributed by atoms with Gasteiger partial charge in [-0.25, -0.2) is 22.8 Å². The van der Waals surface area contributed by atoms with E-state index in [4.69, 9.17) is 0 Å². The second kappa shape index (κ2) is 9.69. The summed E-state index contributed by atoms with van der Waals surface area (Å²) in [5.74, 6) is -2.35. The summed E-state index contributed by atoms with van der Waals surface area (Å²) in [4.78, 5) is 29.5. The van der Waals surface area contributed by atoms with E-state index in [0.29, 0.717) is 17.1 Å². The molecule has 0 radical (unpaired) electrons. The number of halogens is 4. The van der Waals surface area contributed by atoms with E-state index in [9.17, 15) is 30.8 Å². The van der Waals surface area contributed by atoms with Gasteiger partial charge in [0, 0.05) is 18.0 Å². The molecule has 0 saturated carbocycles. The normalized spacial score (nSPS) is 12.8. The van der Waals surface area contributed by atoms with Crippen LogP contribution in [0.25, 0.3) is 22.4 Å². The number of carbonyl (C=O) groups excluding carboxylic acids is 1. The van der Waals surface area contributed by atoms with Crippen molar-refractivity contribution in [2.45, 2.75) is 24.2 Å². The monoisotopic (exact) mass is 535 g/mol. The highest BCUT2D eigenvalue weighted by atomic mass is 32.2. The average Bonchev–Trinajstić information content (AvgIpc) is 2.82. The van der Waals surface area contributed by atoms with Crippen LogP contribution in [0.1, 0.15) is 29.0 Å². The summed E-state index contributed by atoms with van der Waals surface area (Å²) in [6, 6.07) is 5.60. The minimum absolute atomic E-state index is 0.208. The lowest BCUT2D eigenvalue weighted by molar-refractivity contribution is -0.274. The van der Waals surface area contributed by atoms with Crippen molar-refractivity contribution in [3.8, 4) is 17.1 Å². The summed E-state index contributed by atoms with van der Waals surface area (Å²) in [7, 11) is -3.98. The van der Waals surface area contributed by atoms with Crippen LogP contribution in [0.5, 0.6) is 5.75 Å². The van der Waals surface area contributed by atoms with E-state index in [1.807, 2.05) is 0 Å². The van der Waals surface area contributed by atoms with Crippen LogP contribution >= 0.6 is 0 Å². The molecule has 3 aromatic heterocycles. The fourth-order valence-electron chi connectivity index (χ4n) is 3.38. The van der Waals surface area contributed by atoms with E-state index < -0.39 is 50.2 Å². The van der Waals surface area contributed by atoms with Crippen molar-refractivity contribution >= 4 is 26.8 Å². The summed E-state index contributed by atoms with van der Waals surface area (Å²) in [5, 5.41) is 2.58. The van der Waals surface area contributed by atoms with E-state index in [1.165, 1.54) is 31.5 Å². The van der Waals surface area contributed by atoms with Gasteiger partial charge in [0.25, 0.3) is 5.91 Å². The average molecular weight is 535 g/mol. The SMILES string of the molecule is C[C@H](NC(=O)c1cc(OC(F)(F)F)cc(S(C)(=O)=O)c1)c1nc2ccncc2nc1-c1ccc(F)cn1. The van der Waals surface area contributed by atoms with Gasteiger partial charge in [-0.05, 0) is 43.3 Å². The third-order valence-corrected chi connectivity index (χ3v) is 6.12. The zero-order valence-corrected chi connectivity index (χ0v) is 19.9. The standard InChI is InChI=1S/C23H17F4N5O4S/c1-12(30-22(33)13-7-15(36-23(25,26)27)9-16(8-13)37(2,34)35)20-21(18-4-3-14(24)10-29-18)32-19-11-28-6-5-17(19)31-20/h3-12H,1-2H3,(H,30,33)/t12-/m0/s1. The van der Waals surface area contributed by atoms with E-state index in [1.54, 1.807) is 6.07 Å². The number of hydrogen-bond donors (Lipinski definition) is 1. The van der Waals surface area contributed by atoms with Gasteiger partial charge in [-0.2, -0.15) is 0 Å². The summed E-state index contributed by atoms with van der Waals surface area (Å²) >= 11 is 0. The summed E-state index contributed by atoms with van der Waals surface area (Å²) in [5.41, 5.74) is 1.11. The zero-order valence-electron chi connectivity index (χ0n) is 19.1. The van der Waals surface area contributed by atoms with Crippen molar-refractivity contribution < 1.29 is 35.5 Å². The predicted molar refractivity (Wildman–Crippen MR) is 123 cm³/mol. The number of rotatable bonds is 6. The first-order chi connectivity index (χ1) is 17.3.